The summed E-state index contributed by atoms with van der Waals surface area (Å²) < 4.78 is 11.6. The quantitative estimate of drug-likeness (QED) is 0.0418. The fourth-order valence-electron chi connectivity index (χ4n) is 5.56. The highest BCUT2D eigenvalue weighted by Crippen LogP contribution is 2.22. The summed E-state index contributed by atoms with van der Waals surface area (Å²) in [6, 6.07) is 0. The molecule has 0 aromatic carbocycles. The average molecular weight is 675 g/mol. The molecular formula is C40H87N2O3P. The predicted molar refractivity (Wildman–Crippen MR) is 204 cm³/mol. The Kier molecular flexibility index (Phi) is 39.4. The molecule has 0 amide bonds. The zero-order chi connectivity index (χ0) is 35.4. The molecule has 0 N–H and O–H groups in total. The third-order valence-electron chi connectivity index (χ3n) is 8.59. The lowest BCUT2D eigenvalue weighted by Gasteiger charge is -2.23. The van der Waals surface area contributed by atoms with Crippen LogP contribution in [-0.4, -0.2) is 64.3 Å². The van der Waals surface area contributed by atoms with Crippen molar-refractivity contribution in [3.8, 4) is 0 Å². The number of unbranched alkanes of at least 4 members (excludes halogenated alkanes) is 26. The molecule has 46 heavy (non-hydrogen) atoms. The Hall–Kier alpha value is -0.190. The van der Waals surface area contributed by atoms with Crippen molar-refractivity contribution in [3.05, 3.63) is 12.4 Å². The van der Waals surface area contributed by atoms with E-state index in [1.54, 1.807) is 0 Å². The third kappa shape index (κ3) is 59.3. The molecule has 0 saturated carbocycles. The molecule has 0 aliphatic rings. The van der Waals surface area contributed by atoms with Crippen molar-refractivity contribution in [1.29, 1.82) is 0 Å². The minimum absolute atomic E-state index is 0.382. The van der Waals surface area contributed by atoms with Crippen molar-refractivity contribution < 1.29 is 23.3 Å². The SMILES string of the molecule is C=CP(=O)([O-])[O-].CCCCCCCCCCCCCCCC[N+](C)(C)C.CCCCCCCCCCCCCCCC[N+](C)(C)C. The lowest BCUT2D eigenvalue weighted by molar-refractivity contribution is -0.870. The normalized spacial score (nSPS) is 11.9. The second-order valence-corrected chi connectivity index (χ2v) is 17.4. The van der Waals surface area contributed by atoms with Crippen LogP contribution in [0.3, 0.4) is 0 Å². The molecule has 0 aliphatic carbocycles. The molecule has 280 valence electrons. The molecule has 0 saturated heterocycles. The third-order valence-corrected chi connectivity index (χ3v) is 9.04. The lowest BCUT2D eigenvalue weighted by Crippen LogP contribution is -2.35. The monoisotopic (exact) mass is 675 g/mol. The topological polar surface area (TPSA) is 63.2 Å². The van der Waals surface area contributed by atoms with E-state index >= 15 is 0 Å². The summed E-state index contributed by atoms with van der Waals surface area (Å²) in [5, 5.41) is 0. The van der Waals surface area contributed by atoms with E-state index in [-0.39, 0.29) is 0 Å². The molecule has 0 radical (unpaired) electrons. The second-order valence-electron chi connectivity index (χ2n) is 15.9. The van der Waals surface area contributed by atoms with Crippen molar-refractivity contribution in [2.75, 3.05) is 55.4 Å². The zero-order valence-electron chi connectivity index (χ0n) is 33.1. The van der Waals surface area contributed by atoms with Gasteiger partial charge in [-0.05, 0) is 33.3 Å². The van der Waals surface area contributed by atoms with Crippen LogP contribution in [0.5, 0.6) is 0 Å². The highest BCUT2D eigenvalue weighted by molar-refractivity contribution is 7.52. The predicted octanol–water partition coefficient (Wildman–Crippen LogP) is 11.4. The number of hydrogen-bond acceptors (Lipinski definition) is 3. The van der Waals surface area contributed by atoms with Crippen LogP contribution in [-0.2, 0) is 4.57 Å². The Balaban J connectivity index is -0.000000682. The fraction of sp³-hybridized carbons (Fsp3) is 0.950. The van der Waals surface area contributed by atoms with Gasteiger partial charge >= 0.3 is 0 Å². The molecule has 5 nitrogen and oxygen atoms in total. The molecular weight excluding hydrogens is 587 g/mol. The first-order valence-electron chi connectivity index (χ1n) is 19.9. The molecule has 6 heteroatoms. The fourth-order valence-corrected chi connectivity index (χ4v) is 5.56. The van der Waals surface area contributed by atoms with Gasteiger partial charge in [0.2, 0.25) is 0 Å². The van der Waals surface area contributed by atoms with E-state index in [0.29, 0.717) is 5.82 Å². The molecule has 0 aromatic heterocycles. The maximum Gasteiger partial charge on any atom is 0.0780 e. The smallest absolute Gasteiger partial charge is 0.0780 e. The van der Waals surface area contributed by atoms with Crippen LogP contribution in [0.2, 0.25) is 0 Å². The number of quaternary nitrogens is 2. The Morgan fingerprint density at radius 3 is 0.696 bits per heavy atom. The summed E-state index contributed by atoms with van der Waals surface area (Å²) in [5.41, 5.74) is 0. The summed E-state index contributed by atoms with van der Waals surface area (Å²) >= 11 is 0. The summed E-state index contributed by atoms with van der Waals surface area (Å²) in [7, 11) is 9.38. The van der Waals surface area contributed by atoms with Gasteiger partial charge in [0.1, 0.15) is 0 Å². The van der Waals surface area contributed by atoms with Crippen LogP contribution in [0, 0.1) is 0 Å². The molecule has 0 fully saturated rings. The molecule has 0 aromatic rings. The maximum absolute atomic E-state index is 9.35. The zero-order valence-corrected chi connectivity index (χ0v) is 34.0. The molecule has 0 unspecified atom stereocenters. The first-order valence-corrected chi connectivity index (χ1v) is 21.6. The first-order chi connectivity index (χ1) is 21.7. The van der Waals surface area contributed by atoms with Crippen molar-refractivity contribution in [1.82, 2.24) is 0 Å². The van der Waals surface area contributed by atoms with Crippen LogP contribution < -0.4 is 9.79 Å². The lowest BCUT2D eigenvalue weighted by atomic mass is 10.0. The van der Waals surface area contributed by atoms with Crippen LogP contribution >= 0.6 is 7.60 Å². The largest absolute Gasteiger partial charge is 0.808 e. The average Bonchev–Trinajstić information content (AvgIpc) is 2.96. The van der Waals surface area contributed by atoms with Gasteiger partial charge in [0.05, 0.1) is 55.4 Å². The van der Waals surface area contributed by atoms with Gasteiger partial charge in [-0.1, -0.05) is 180 Å². The van der Waals surface area contributed by atoms with Gasteiger partial charge < -0.3 is 23.3 Å². The highest BCUT2D eigenvalue weighted by atomic mass is 31.2. The van der Waals surface area contributed by atoms with Gasteiger partial charge in [-0.25, -0.2) is 0 Å². The number of hydrogen-bond donors (Lipinski definition) is 0. The van der Waals surface area contributed by atoms with E-state index in [2.05, 4.69) is 62.7 Å². The Bertz CT molecular complexity index is 595. The van der Waals surface area contributed by atoms with Gasteiger partial charge in [-0.2, -0.15) is 0 Å². The van der Waals surface area contributed by atoms with Gasteiger partial charge in [0.15, 0.2) is 0 Å². The summed E-state index contributed by atoms with van der Waals surface area (Å²) in [6.07, 6.45) is 40.7. The standard InChI is InChI=1S/2C19H42N.C2H5O3P/c2*1-5-6-7-8-9-10-11-12-13-14-15-16-17-18-19-20(2,3)4;1-2-6(3,4)5/h2*5-19H2,1-4H3;2H,1H2,(H2,3,4,5)/q2*+1;/p-2. The van der Waals surface area contributed by atoms with E-state index in [4.69, 9.17) is 0 Å². The maximum atomic E-state index is 9.35. The summed E-state index contributed by atoms with van der Waals surface area (Å²) in [4.78, 5) is 18.7. The van der Waals surface area contributed by atoms with Crippen molar-refractivity contribution in [3.63, 3.8) is 0 Å². The molecule has 0 atom stereocenters. The molecule has 0 rings (SSSR count). The highest BCUT2D eigenvalue weighted by Gasteiger charge is 2.06. The molecule has 0 heterocycles. The van der Waals surface area contributed by atoms with Crippen molar-refractivity contribution >= 4 is 7.60 Å². The number of rotatable bonds is 31. The van der Waals surface area contributed by atoms with Gasteiger partial charge in [-0.3, -0.25) is 0 Å². The van der Waals surface area contributed by atoms with Crippen LogP contribution in [0.4, 0.5) is 0 Å². The van der Waals surface area contributed by atoms with Crippen LogP contribution in [0.15, 0.2) is 12.4 Å². The van der Waals surface area contributed by atoms with Crippen LogP contribution in [0.1, 0.15) is 194 Å². The second kappa shape index (κ2) is 36.1. The molecule has 0 aliphatic heterocycles. The number of nitrogens with zero attached hydrogens (tertiary/aromatic N) is 2. The van der Waals surface area contributed by atoms with E-state index in [9.17, 15) is 14.4 Å². The van der Waals surface area contributed by atoms with E-state index in [0.717, 1.165) is 8.97 Å². The molecule has 0 bridgehead atoms. The van der Waals surface area contributed by atoms with E-state index in [1.807, 2.05) is 0 Å². The van der Waals surface area contributed by atoms with Crippen LogP contribution in [0.25, 0.3) is 0 Å². The molecule has 0 spiro atoms. The van der Waals surface area contributed by atoms with Gasteiger partial charge in [0, 0.05) is 0 Å². The van der Waals surface area contributed by atoms with E-state index in [1.165, 1.54) is 193 Å². The van der Waals surface area contributed by atoms with Gasteiger partial charge in [0.25, 0.3) is 0 Å². The Morgan fingerprint density at radius 1 is 0.413 bits per heavy atom. The van der Waals surface area contributed by atoms with E-state index < -0.39 is 7.60 Å². The Morgan fingerprint density at radius 2 is 0.565 bits per heavy atom. The van der Waals surface area contributed by atoms with Crippen molar-refractivity contribution in [2.45, 2.75) is 194 Å². The summed E-state index contributed by atoms with van der Waals surface area (Å²) in [5.74, 6) is 0.382. The minimum atomic E-state index is -4.38. The van der Waals surface area contributed by atoms with Gasteiger partial charge in [-0.15, -0.1) is 0 Å². The Labute approximate surface area is 291 Å². The minimum Gasteiger partial charge on any atom is -0.808 e. The summed E-state index contributed by atoms with van der Waals surface area (Å²) in [6.45, 7) is 9.99. The van der Waals surface area contributed by atoms with Crippen molar-refractivity contribution in [2.24, 2.45) is 0 Å². The first kappa shape index (κ1) is 50.2.